The lowest BCUT2D eigenvalue weighted by atomic mass is 9.95. The number of hydrogen-bond donors (Lipinski definition) is 1. The van der Waals surface area contributed by atoms with Gasteiger partial charge in [-0.15, -0.1) is 13.2 Å². The minimum Gasteiger partial charge on any atom is -0.179 e. The molecule has 1 aliphatic carbocycles. The van der Waals surface area contributed by atoms with Gasteiger partial charge in [0.25, 0.3) is 0 Å². The molecule has 0 aromatic rings. The van der Waals surface area contributed by atoms with Gasteiger partial charge in [-0.2, -0.15) is 12.6 Å². The van der Waals surface area contributed by atoms with Crippen LogP contribution in [0.4, 0.5) is 0 Å². The molecule has 1 heteroatoms. The highest BCUT2D eigenvalue weighted by Crippen LogP contribution is 2.22. The molecule has 0 nitrogen and oxygen atoms in total. The van der Waals surface area contributed by atoms with Crippen molar-refractivity contribution in [2.75, 3.05) is 5.75 Å². The summed E-state index contributed by atoms with van der Waals surface area (Å²) in [7, 11) is 0. The van der Waals surface area contributed by atoms with Crippen LogP contribution in [0.2, 0.25) is 0 Å². The van der Waals surface area contributed by atoms with Crippen LogP contribution in [0.3, 0.4) is 0 Å². The molecule has 88 valence electrons. The average molecular weight is 226 g/mol. The maximum atomic E-state index is 4.21. The second-order valence-corrected chi connectivity index (χ2v) is 4.44. The molecule has 0 atom stereocenters. The molecule has 0 bridgehead atoms. The zero-order valence-corrected chi connectivity index (χ0v) is 10.9. The highest BCUT2D eigenvalue weighted by molar-refractivity contribution is 7.80. The van der Waals surface area contributed by atoms with E-state index in [4.69, 9.17) is 0 Å². The Morgan fingerprint density at radius 2 is 1.80 bits per heavy atom. The summed E-state index contributed by atoms with van der Waals surface area (Å²) in [6, 6.07) is 0. The van der Waals surface area contributed by atoms with Gasteiger partial charge in [0.1, 0.15) is 0 Å². The Hall–Kier alpha value is -0.170. The second kappa shape index (κ2) is 11.9. The summed E-state index contributed by atoms with van der Waals surface area (Å²) in [6.07, 6.45) is 14.9. The minimum absolute atomic E-state index is 1.06. The molecule has 0 aliphatic heterocycles. The van der Waals surface area contributed by atoms with Crippen LogP contribution >= 0.6 is 12.6 Å². The first-order valence-electron chi connectivity index (χ1n) is 6.22. The standard InChI is InChI=1S/C12H22S.C2H4/c13-11-7-2-1-4-8-12-9-5-3-6-10-12;1-2/h9,13H,1-8,10-11H2;1-2H2. The molecule has 0 saturated heterocycles. The molecule has 0 radical (unpaired) electrons. The molecule has 0 saturated carbocycles. The first-order valence-corrected chi connectivity index (χ1v) is 6.85. The van der Waals surface area contributed by atoms with E-state index in [1.165, 1.54) is 57.8 Å². The van der Waals surface area contributed by atoms with Crippen LogP contribution in [0.25, 0.3) is 0 Å². The maximum absolute atomic E-state index is 4.21. The molecule has 0 amide bonds. The Morgan fingerprint density at radius 3 is 2.40 bits per heavy atom. The predicted molar refractivity (Wildman–Crippen MR) is 74.7 cm³/mol. The molecular weight excluding hydrogens is 200 g/mol. The summed E-state index contributed by atoms with van der Waals surface area (Å²) in [5.41, 5.74) is 1.73. The minimum atomic E-state index is 1.06. The largest absolute Gasteiger partial charge is 0.179 e. The third-order valence-electron chi connectivity index (χ3n) is 2.79. The van der Waals surface area contributed by atoms with Crippen LogP contribution in [0.1, 0.15) is 57.8 Å². The molecule has 0 aromatic carbocycles. The van der Waals surface area contributed by atoms with Crippen molar-refractivity contribution in [2.45, 2.75) is 57.8 Å². The number of thiol groups is 1. The molecule has 0 fully saturated rings. The fraction of sp³-hybridized carbons (Fsp3) is 0.714. The van der Waals surface area contributed by atoms with Gasteiger partial charge in [0.2, 0.25) is 0 Å². The highest BCUT2D eigenvalue weighted by Gasteiger charge is 2.02. The van der Waals surface area contributed by atoms with E-state index < -0.39 is 0 Å². The normalized spacial score (nSPS) is 15.1. The molecule has 0 aromatic heterocycles. The van der Waals surface area contributed by atoms with Gasteiger partial charge < -0.3 is 0 Å². The molecule has 0 unspecified atom stereocenters. The van der Waals surface area contributed by atoms with Crippen LogP contribution in [0.15, 0.2) is 24.8 Å². The molecule has 1 aliphatic rings. The topological polar surface area (TPSA) is 0 Å². The fourth-order valence-electron chi connectivity index (χ4n) is 1.95. The predicted octanol–water partition coefficient (Wildman–Crippen LogP) is 5.17. The fourth-order valence-corrected chi connectivity index (χ4v) is 2.17. The molecule has 0 heterocycles. The Kier molecular flexibility index (Phi) is 11.8. The van der Waals surface area contributed by atoms with E-state index in [9.17, 15) is 0 Å². The van der Waals surface area contributed by atoms with Crippen molar-refractivity contribution in [3.05, 3.63) is 24.8 Å². The van der Waals surface area contributed by atoms with Crippen LogP contribution in [-0.4, -0.2) is 5.75 Å². The Bertz CT molecular complexity index is 161. The summed E-state index contributed by atoms with van der Waals surface area (Å²) < 4.78 is 0. The zero-order chi connectivity index (χ0) is 11.4. The SMILES string of the molecule is C=C.SCCCCCCC1=CCCCC1. The number of rotatable bonds is 6. The van der Waals surface area contributed by atoms with Crippen molar-refractivity contribution < 1.29 is 0 Å². The van der Waals surface area contributed by atoms with Crippen molar-refractivity contribution in [2.24, 2.45) is 0 Å². The van der Waals surface area contributed by atoms with Crippen molar-refractivity contribution in [3.8, 4) is 0 Å². The van der Waals surface area contributed by atoms with Crippen LogP contribution in [-0.2, 0) is 0 Å². The van der Waals surface area contributed by atoms with E-state index >= 15 is 0 Å². The van der Waals surface area contributed by atoms with Crippen molar-refractivity contribution in [1.29, 1.82) is 0 Å². The summed E-state index contributed by atoms with van der Waals surface area (Å²) in [6.45, 7) is 6.00. The van der Waals surface area contributed by atoms with Gasteiger partial charge in [0.05, 0.1) is 0 Å². The van der Waals surface area contributed by atoms with Crippen molar-refractivity contribution >= 4 is 12.6 Å². The van der Waals surface area contributed by atoms with Gasteiger partial charge in [0.15, 0.2) is 0 Å². The Labute approximate surface area is 101 Å². The molecule has 0 N–H and O–H groups in total. The molecular formula is C14H26S. The molecule has 1 rings (SSSR count). The van der Waals surface area contributed by atoms with E-state index in [2.05, 4.69) is 31.9 Å². The molecule has 15 heavy (non-hydrogen) atoms. The number of allylic oxidation sites excluding steroid dienone is 2. The van der Waals surface area contributed by atoms with Gasteiger partial charge in [0, 0.05) is 0 Å². The molecule has 0 spiro atoms. The Morgan fingerprint density at radius 1 is 1.07 bits per heavy atom. The van der Waals surface area contributed by atoms with Gasteiger partial charge in [-0.1, -0.05) is 24.5 Å². The van der Waals surface area contributed by atoms with Crippen molar-refractivity contribution in [1.82, 2.24) is 0 Å². The number of hydrogen-bond acceptors (Lipinski definition) is 1. The summed E-state index contributed by atoms with van der Waals surface area (Å²) in [5.74, 6) is 1.06. The van der Waals surface area contributed by atoms with Gasteiger partial charge in [-0.3, -0.25) is 0 Å². The van der Waals surface area contributed by atoms with E-state index in [0.717, 1.165) is 5.75 Å². The van der Waals surface area contributed by atoms with E-state index in [-0.39, 0.29) is 0 Å². The summed E-state index contributed by atoms with van der Waals surface area (Å²) >= 11 is 4.21. The smallest absolute Gasteiger partial charge is 0.00979 e. The third kappa shape index (κ3) is 8.80. The van der Waals surface area contributed by atoms with Gasteiger partial charge >= 0.3 is 0 Å². The highest BCUT2D eigenvalue weighted by atomic mass is 32.1. The quantitative estimate of drug-likeness (QED) is 0.360. The van der Waals surface area contributed by atoms with Crippen molar-refractivity contribution in [3.63, 3.8) is 0 Å². The maximum Gasteiger partial charge on any atom is -0.00979 e. The lowest BCUT2D eigenvalue weighted by Gasteiger charge is -2.11. The van der Waals surface area contributed by atoms with Crippen LogP contribution in [0.5, 0.6) is 0 Å². The first-order chi connectivity index (χ1) is 7.43. The third-order valence-corrected chi connectivity index (χ3v) is 3.11. The van der Waals surface area contributed by atoms with Gasteiger partial charge in [-0.05, 0) is 50.7 Å². The monoisotopic (exact) mass is 226 g/mol. The van der Waals surface area contributed by atoms with Crippen LogP contribution in [0, 0.1) is 0 Å². The number of unbranched alkanes of at least 4 members (excludes halogenated alkanes) is 3. The average Bonchev–Trinajstić information content (AvgIpc) is 2.33. The Balaban J connectivity index is 0.000000921. The van der Waals surface area contributed by atoms with E-state index in [1.807, 2.05) is 0 Å². The summed E-state index contributed by atoms with van der Waals surface area (Å²) in [5, 5.41) is 0. The zero-order valence-electron chi connectivity index (χ0n) is 10.0. The van der Waals surface area contributed by atoms with Crippen LogP contribution < -0.4 is 0 Å². The lowest BCUT2D eigenvalue weighted by Crippen LogP contribution is -1.92. The van der Waals surface area contributed by atoms with Gasteiger partial charge in [-0.25, -0.2) is 0 Å². The van der Waals surface area contributed by atoms with E-state index in [1.54, 1.807) is 5.57 Å². The lowest BCUT2D eigenvalue weighted by molar-refractivity contribution is 0.623. The second-order valence-electron chi connectivity index (χ2n) is 4.00. The van der Waals surface area contributed by atoms with E-state index in [0.29, 0.717) is 0 Å². The summed E-state index contributed by atoms with van der Waals surface area (Å²) in [4.78, 5) is 0. The first kappa shape index (κ1) is 14.8.